The van der Waals surface area contributed by atoms with E-state index in [0.29, 0.717) is 30.6 Å². The van der Waals surface area contributed by atoms with Crippen molar-refractivity contribution in [2.24, 2.45) is 5.73 Å². The van der Waals surface area contributed by atoms with Gasteiger partial charge in [-0.1, -0.05) is 32.3 Å². The molecule has 0 spiro atoms. The lowest BCUT2D eigenvalue weighted by Crippen LogP contribution is -2.40. The molecule has 3 rings (SSSR count). The van der Waals surface area contributed by atoms with E-state index in [2.05, 4.69) is 20.8 Å². The van der Waals surface area contributed by atoms with E-state index in [0.717, 1.165) is 36.9 Å². The Balaban J connectivity index is 1.82. The van der Waals surface area contributed by atoms with Crippen LogP contribution in [0, 0.1) is 0 Å². The molecule has 1 heterocycles. The number of ether oxygens (including phenoxy) is 1. The number of aromatic hydroxyl groups is 1. The third-order valence-corrected chi connectivity index (χ3v) is 7.89. The van der Waals surface area contributed by atoms with E-state index in [4.69, 9.17) is 14.7 Å². The van der Waals surface area contributed by atoms with Crippen LogP contribution in [0.4, 0.5) is 0 Å². The van der Waals surface area contributed by atoms with E-state index in [-0.39, 0.29) is 53.6 Å². The Bertz CT molecular complexity index is 1560. The van der Waals surface area contributed by atoms with Gasteiger partial charge >= 0.3 is 17.8 Å². The predicted molar refractivity (Wildman–Crippen MR) is 161 cm³/mol. The number of nitrogens with one attached hydrogen (secondary N) is 2. The van der Waals surface area contributed by atoms with Gasteiger partial charge in [-0.05, 0) is 55.6 Å². The Morgan fingerprint density at radius 3 is 2.41 bits per heavy atom. The number of phenols is 1. The molecular formula is C29H40N6O8S. The smallest absolute Gasteiger partial charge is 0.309 e. The molecule has 0 saturated heterocycles. The van der Waals surface area contributed by atoms with Crippen LogP contribution in [0.2, 0.25) is 0 Å². The molecule has 0 aliphatic rings. The monoisotopic (exact) mass is 632 g/mol. The fourth-order valence-electron chi connectivity index (χ4n) is 4.19. The van der Waals surface area contributed by atoms with Crippen LogP contribution in [0.15, 0.2) is 35.2 Å². The summed E-state index contributed by atoms with van der Waals surface area (Å²) in [5.41, 5.74) is 7.09. The van der Waals surface area contributed by atoms with Crippen molar-refractivity contribution in [3.05, 3.63) is 41.5 Å². The fraction of sp³-hybridized carbons (Fsp3) is 0.483. The first-order valence-electron chi connectivity index (χ1n) is 14.6. The lowest BCUT2D eigenvalue weighted by atomic mass is 10.1. The van der Waals surface area contributed by atoms with Gasteiger partial charge in [-0.2, -0.15) is 8.42 Å². The third kappa shape index (κ3) is 9.99. The minimum atomic E-state index is -4.00. The van der Waals surface area contributed by atoms with Crippen LogP contribution in [0.3, 0.4) is 0 Å². The van der Waals surface area contributed by atoms with Crippen molar-refractivity contribution in [1.82, 2.24) is 25.6 Å². The SMILES string of the molecule is CCCCOS(=O)(=O)c1ccc2nn(-c3cc(CCOC(C)=O)cc(CNC(=O)C(=O)NCCCCCCN)c3O)nc2c1. The number of fused-ring (bicyclic) bond motifs is 1. The Kier molecular flexibility index (Phi) is 13.0. The Labute approximate surface area is 256 Å². The minimum Gasteiger partial charge on any atom is -0.505 e. The zero-order valence-electron chi connectivity index (χ0n) is 25.0. The van der Waals surface area contributed by atoms with Crippen molar-refractivity contribution in [3.63, 3.8) is 0 Å². The van der Waals surface area contributed by atoms with Crippen LogP contribution < -0.4 is 16.4 Å². The summed E-state index contributed by atoms with van der Waals surface area (Å²) in [5, 5.41) is 25.0. The second kappa shape index (κ2) is 16.7. The number of benzene rings is 2. The van der Waals surface area contributed by atoms with Gasteiger partial charge in [-0.25, -0.2) is 0 Å². The molecule has 0 unspecified atom stereocenters. The number of hydrogen-bond donors (Lipinski definition) is 4. The molecule has 0 saturated carbocycles. The van der Waals surface area contributed by atoms with E-state index in [1.54, 1.807) is 12.1 Å². The van der Waals surface area contributed by atoms with Crippen molar-refractivity contribution in [1.29, 1.82) is 0 Å². The number of amides is 2. The second-order valence-corrected chi connectivity index (χ2v) is 11.7. The molecule has 14 nitrogen and oxygen atoms in total. The molecule has 15 heteroatoms. The van der Waals surface area contributed by atoms with Gasteiger partial charge in [0.1, 0.15) is 22.5 Å². The minimum absolute atomic E-state index is 0.0623. The summed E-state index contributed by atoms with van der Waals surface area (Å²) < 4.78 is 35.3. The van der Waals surface area contributed by atoms with Crippen molar-refractivity contribution in [2.75, 3.05) is 26.3 Å². The number of phenolic OH excluding ortho intramolecular Hbond substituents is 1. The predicted octanol–water partition coefficient (Wildman–Crippen LogP) is 1.99. The first-order valence-corrected chi connectivity index (χ1v) is 16.0. The molecule has 0 atom stereocenters. The Morgan fingerprint density at radius 1 is 0.955 bits per heavy atom. The summed E-state index contributed by atoms with van der Waals surface area (Å²) in [5.74, 6) is -2.38. The molecule has 0 aliphatic carbocycles. The zero-order valence-corrected chi connectivity index (χ0v) is 25.8. The largest absolute Gasteiger partial charge is 0.505 e. The summed E-state index contributed by atoms with van der Waals surface area (Å²) in [6.45, 7) is 4.11. The first kappa shape index (κ1) is 34.4. The highest BCUT2D eigenvalue weighted by molar-refractivity contribution is 7.86. The number of aromatic nitrogens is 3. The third-order valence-electron chi connectivity index (χ3n) is 6.58. The Hall–Kier alpha value is -4.08. The van der Waals surface area contributed by atoms with Gasteiger partial charge in [0.25, 0.3) is 10.1 Å². The fourth-order valence-corrected chi connectivity index (χ4v) is 5.15. The average molecular weight is 633 g/mol. The molecule has 240 valence electrons. The molecule has 5 N–H and O–H groups in total. The molecule has 44 heavy (non-hydrogen) atoms. The standard InChI is InChI=1S/C29H40N6O8S/c1-3-4-14-43-44(40,41)23-9-10-24-25(18-23)34-35(33-24)26-17-21(11-15-42-20(2)36)16-22(27(26)37)19-32-29(39)28(38)31-13-8-6-5-7-12-30/h9-10,16-18,37H,3-8,11-15,19,30H2,1-2H3,(H,31,38)(H,32,39). The number of carbonyl (C=O) groups is 3. The molecule has 0 bridgehead atoms. The molecule has 0 aliphatic heterocycles. The van der Waals surface area contributed by atoms with Crippen LogP contribution in [0.5, 0.6) is 5.75 Å². The topological polar surface area (TPSA) is 205 Å². The number of hydrogen-bond acceptors (Lipinski definition) is 11. The Morgan fingerprint density at radius 2 is 1.68 bits per heavy atom. The molecule has 1 aromatic heterocycles. The molecule has 0 radical (unpaired) electrons. The van der Waals surface area contributed by atoms with Crippen LogP contribution in [-0.2, 0) is 46.4 Å². The van der Waals surface area contributed by atoms with Gasteiger partial charge in [0.2, 0.25) is 0 Å². The maximum absolute atomic E-state index is 12.6. The van der Waals surface area contributed by atoms with Crippen molar-refractivity contribution in [2.45, 2.75) is 70.2 Å². The van der Waals surface area contributed by atoms with Crippen LogP contribution >= 0.6 is 0 Å². The van der Waals surface area contributed by atoms with E-state index in [1.807, 2.05) is 6.92 Å². The second-order valence-electron chi connectivity index (χ2n) is 10.1. The van der Waals surface area contributed by atoms with Crippen LogP contribution in [-0.4, -0.2) is 72.6 Å². The molecular weight excluding hydrogens is 592 g/mol. The average Bonchev–Trinajstić information content (AvgIpc) is 3.42. The zero-order chi connectivity index (χ0) is 32.1. The summed E-state index contributed by atoms with van der Waals surface area (Å²) >= 11 is 0. The van der Waals surface area contributed by atoms with Gasteiger partial charge < -0.3 is 26.2 Å². The number of carbonyl (C=O) groups excluding carboxylic acids is 3. The molecule has 2 aromatic carbocycles. The summed E-state index contributed by atoms with van der Waals surface area (Å²) in [4.78, 5) is 37.0. The number of esters is 1. The normalized spacial score (nSPS) is 11.4. The van der Waals surface area contributed by atoms with Gasteiger partial charge in [0.15, 0.2) is 0 Å². The van der Waals surface area contributed by atoms with Gasteiger partial charge in [0.05, 0.1) is 18.1 Å². The lowest BCUT2D eigenvalue weighted by Gasteiger charge is -2.13. The highest BCUT2D eigenvalue weighted by atomic mass is 32.2. The van der Waals surface area contributed by atoms with Crippen molar-refractivity contribution in [3.8, 4) is 11.4 Å². The van der Waals surface area contributed by atoms with Gasteiger partial charge in [-0.15, -0.1) is 15.0 Å². The van der Waals surface area contributed by atoms with Crippen molar-refractivity contribution >= 4 is 38.9 Å². The van der Waals surface area contributed by atoms with E-state index in [9.17, 15) is 27.9 Å². The van der Waals surface area contributed by atoms with Crippen LogP contribution in [0.1, 0.15) is 63.5 Å². The number of rotatable bonds is 17. The summed E-state index contributed by atoms with van der Waals surface area (Å²) in [6.07, 6.45) is 5.10. The summed E-state index contributed by atoms with van der Waals surface area (Å²) in [7, 11) is -4.00. The van der Waals surface area contributed by atoms with E-state index < -0.39 is 27.9 Å². The molecule has 3 aromatic rings. The lowest BCUT2D eigenvalue weighted by molar-refractivity contribution is -0.140. The number of nitrogens with zero attached hydrogens (tertiary/aromatic N) is 3. The van der Waals surface area contributed by atoms with E-state index >= 15 is 0 Å². The molecule has 2 amide bonds. The first-order chi connectivity index (χ1) is 21.1. The van der Waals surface area contributed by atoms with E-state index in [1.165, 1.54) is 25.1 Å². The van der Waals surface area contributed by atoms with Crippen molar-refractivity contribution < 1.29 is 36.8 Å². The van der Waals surface area contributed by atoms with Gasteiger partial charge in [-0.3, -0.25) is 18.6 Å². The number of unbranched alkanes of at least 4 members (excludes halogenated alkanes) is 4. The van der Waals surface area contributed by atoms with Gasteiger partial charge in [0, 0.05) is 32.0 Å². The van der Waals surface area contributed by atoms with Crippen LogP contribution in [0.25, 0.3) is 16.7 Å². The maximum atomic E-state index is 12.6. The highest BCUT2D eigenvalue weighted by Crippen LogP contribution is 2.29. The quantitative estimate of drug-likeness (QED) is 0.0733. The highest BCUT2D eigenvalue weighted by Gasteiger charge is 2.20. The number of nitrogens with two attached hydrogens (primary N) is 1. The molecule has 0 fully saturated rings. The maximum Gasteiger partial charge on any atom is 0.309 e. The summed E-state index contributed by atoms with van der Waals surface area (Å²) in [6, 6.07) is 7.38.